The van der Waals surface area contributed by atoms with E-state index in [0.717, 1.165) is 43.0 Å². The van der Waals surface area contributed by atoms with Crippen molar-refractivity contribution in [2.45, 2.75) is 18.9 Å². The molecule has 1 fully saturated rings. The molecule has 6 heteroatoms. The number of hydrogen-bond donors (Lipinski definition) is 0. The molecule has 3 heterocycles. The van der Waals surface area contributed by atoms with Gasteiger partial charge in [0, 0.05) is 31.8 Å². The number of fused-ring (bicyclic) bond motifs is 1. The van der Waals surface area contributed by atoms with Crippen molar-refractivity contribution in [3.05, 3.63) is 17.3 Å². The van der Waals surface area contributed by atoms with E-state index >= 15 is 0 Å². The molecule has 0 aromatic carbocycles. The van der Waals surface area contributed by atoms with Gasteiger partial charge in [-0.05, 0) is 12.8 Å². The summed E-state index contributed by atoms with van der Waals surface area (Å²) in [5.74, 6) is 0.811. The molecule has 3 rings (SSSR count). The molecule has 0 N–H and O–H groups in total. The maximum atomic E-state index is 11.3. The number of piperidine rings is 1. The van der Waals surface area contributed by atoms with E-state index in [-0.39, 0.29) is 0 Å². The molecule has 0 atom stereocenters. The molecule has 0 saturated carbocycles. The first kappa shape index (κ1) is 11.7. The van der Waals surface area contributed by atoms with E-state index in [1.165, 1.54) is 0 Å². The van der Waals surface area contributed by atoms with Gasteiger partial charge in [0.2, 0.25) is 0 Å². The van der Waals surface area contributed by atoms with Gasteiger partial charge in [0.15, 0.2) is 17.1 Å². The average molecular weight is 265 g/mol. The Morgan fingerprint density at radius 2 is 2.28 bits per heavy atom. The van der Waals surface area contributed by atoms with Gasteiger partial charge >= 0.3 is 0 Å². The molecule has 2 aromatic heterocycles. The quantitative estimate of drug-likeness (QED) is 0.794. The molecule has 18 heavy (non-hydrogen) atoms. The number of aldehydes is 1. The van der Waals surface area contributed by atoms with Crippen LogP contribution >= 0.6 is 11.3 Å². The zero-order valence-corrected chi connectivity index (χ0v) is 11.0. The monoisotopic (exact) mass is 265 g/mol. The number of hydrogen-bond acceptors (Lipinski definition) is 5. The lowest BCUT2D eigenvalue weighted by Crippen LogP contribution is -2.37. The first-order valence-electron chi connectivity index (χ1n) is 6.02. The summed E-state index contributed by atoms with van der Waals surface area (Å²) < 4.78 is 7.21. The highest BCUT2D eigenvalue weighted by atomic mass is 32.1. The molecule has 0 bridgehead atoms. The summed E-state index contributed by atoms with van der Waals surface area (Å²) in [6.45, 7) is 1.79. The van der Waals surface area contributed by atoms with Crippen molar-refractivity contribution in [2.75, 3.05) is 25.1 Å². The predicted octanol–water partition coefficient (Wildman–Crippen LogP) is 1.82. The van der Waals surface area contributed by atoms with Gasteiger partial charge in [0.1, 0.15) is 5.69 Å². The van der Waals surface area contributed by atoms with E-state index in [1.807, 2.05) is 16.0 Å². The van der Waals surface area contributed by atoms with E-state index in [4.69, 9.17) is 4.74 Å². The maximum absolute atomic E-state index is 11.3. The van der Waals surface area contributed by atoms with Crippen molar-refractivity contribution in [1.29, 1.82) is 0 Å². The first-order chi connectivity index (χ1) is 8.83. The first-order valence-corrected chi connectivity index (χ1v) is 6.90. The minimum absolute atomic E-state index is 0.338. The minimum Gasteiger partial charge on any atom is -0.381 e. The van der Waals surface area contributed by atoms with Gasteiger partial charge in [-0.15, -0.1) is 11.3 Å². The maximum Gasteiger partial charge on any atom is 0.196 e. The van der Waals surface area contributed by atoms with Crippen molar-refractivity contribution in [2.24, 2.45) is 0 Å². The fourth-order valence-electron chi connectivity index (χ4n) is 2.44. The van der Waals surface area contributed by atoms with Gasteiger partial charge in [-0.2, -0.15) is 0 Å². The summed E-state index contributed by atoms with van der Waals surface area (Å²) >= 11 is 1.55. The van der Waals surface area contributed by atoms with Crippen LogP contribution in [0.4, 0.5) is 5.82 Å². The van der Waals surface area contributed by atoms with E-state index in [0.29, 0.717) is 11.8 Å². The second-order valence-corrected chi connectivity index (χ2v) is 5.29. The Labute approximate surface area is 109 Å². The summed E-state index contributed by atoms with van der Waals surface area (Å²) in [5, 5.41) is 1.94. The lowest BCUT2D eigenvalue weighted by atomic mass is 10.1. The summed E-state index contributed by atoms with van der Waals surface area (Å²) in [6, 6.07) is 0. The van der Waals surface area contributed by atoms with Crippen LogP contribution in [0.2, 0.25) is 0 Å². The van der Waals surface area contributed by atoms with Gasteiger partial charge in [0.05, 0.1) is 6.10 Å². The Morgan fingerprint density at radius 1 is 1.50 bits per heavy atom. The largest absolute Gasteiger partial charge is 0.381 e. The summed E-state index contributed by atoms with van der Waals surface area (Å²) in [4.78, 5) is 18.9. The highest BCUT2D eigenvalue weighted by molar-refractivity contribution is 7.15. The number of anilines is 1. The molecular weight excluding hydrogens is 250 g/mol. The number of aromatic nitrogens is 2. The number of methoxy groups -OCH3 is 1. The van der Waals surface area contributed by atoms with Gasteiger partial charge in [-0.1, -0.05) is 0 Å². The Balaban J connectivity index is 1.90. The zero-order valence-electron chi connectivity index (χ0n) is 10.2. The Kier molecular flexibility index (Phi) is 3.05. The van der Waals surface area contributed by atoms with E-state index < -0.39 is 0 Å². The molecule has 0 radical (unpaired) electrons. The average Bonchev–Trinajstić information content (AvgIpc) is 2.98. The fourth-order valence-corrected chi connectivity index (χ4v) is 3.15. The lowest BCUT2D eigenvalue weighted by Gasteiger charge is -2.31. The second-order valence-electron chi connectivity index (χ2n) is 4.42. The smallest absolute Gasteiger partial charge is 0.196 e. The van der Waals surface area contributed by atoms with Crippen LogP contribution in [-0.4, -0.2) is 42.0 Å². The summed E-state index contributed by atoms with van der Waals surface area (Å²) in [6.07, 6.45) is 5.09. The second kappa shape index (κ2) is 4.70. The van der Waals surface area contributed by atoms with Crippen LogP contribution in [0.25, 0.3) is 4.96 Å². The SMILES string of the molecule is COC1CCN(c2nc3sccn3c2C=O)CC1. The molecule has 0 spiro atoms. The fraction of sp³-hybridized carbons (Fsp3) is 0.500. The Hall–Kier alpha value is -1.40. The van der Waals surface area contributed by atoms with E-state index in [9.17, 15) is 4.79 Å². The van der Waals surface area contributed by atoms with Gasteiger partial charge < -0.3 is 9.64 Å². The molecule has 0 unspecified atom stereocenters. The molecule has 5 nitrogen and oxygen atoms in total. The van der Waals surface area contributed by atoms with Gasteiger partial charge in [-0.25, -0.2) is 4.98 Å². The number of nitrogens with zero attached hydrogens (tertiary/aromatic N) is 3. The van der Waals surface area contributed by atoms with Crippen LogP contribution in [0.3, 0.4) is 0 Å². The minimum atomic E-state index is 0.338. The van der Waals surface area contributed by atoms with Gasteiger partial charge in [-0.3, -0.25) is 9.20 Å². The van der Waals surface area contributed by atoms with Gasteiger partial charge in [0.25, 0.3) is 0 Å². The third-order valence-corrected chi connectivity index (χ3v) is 4.22. The molecular formula is C12H15N3O2S. The highest BCUT2D eigenvalue weighted by Gasteiger charge is 2.24. The molecule has 96 valence electrons. The predicted molar refractivity (Wildman–Crippen MR) is 70.7 cm³/mol. The Bertz CT molecular complexity index is 555. The Morgan fingerprint density at radius 3 is 2.94 bits per heavy atom. The van der Waals surface area contributed by atoms with Crippen LogP contribution < -0.4 is 4.90 Å². The molecule has 2 aromatic rings. The molecule has 0 amide bonds. The summed E-state index contributed by atoms with van der Waals surface area (Å²) in [5.41, 5.74) is 0.655. The van der Waals surface area contributed by atoms with E-state index in [1.54, 1.807) is 18.4 Å². The number of rotatable bonds is 3. The van der Waals surface area contributed by atoms with Crippen molar-refractivity contribution >= 4 is 28.4 Å². The molecule has 1 aliphatic rings. The van der Waals surface area contributed by atoms with Crippen LogP contribution in [0.15, 0.2) is 11.6 Å². The van der Waals surface area contributed by atoms with Crippen molar-refractivity contribution < 1.29 is 9.53 Å². The topological polar surface area (TPSA) is 46.8 Å². The number of thiazole rings is 1. The van der Waals surface area contributed by atoms with Crippen molar-refractivity contribution in [3.8, 4) is 0 Å². The third-order valence-electron chi connectivity index (χ3n) is 3.47. The van der Waals surface area contributed by atoms with Crippen LogP contribution in [0, 0.1) is 0 Å². The van der Waals surface area contributed by atoms with Crippen LogP contribution in [-0.2, 0) is 4.74 Å². The number of imidazole rings is 1. The van der Waals surface area contributed by atoms with Crippen molar-refractivity contribution in [3.63, 3.8) is 0 Å². The molecule has 1 saturated heterocycles. The standard InChI is InChI=1S/C12H15N3O2S/c1-17-9-2-4-14(5-3-9)11-10(8-16)15-6-7-18-12(15)13-11/h6-9H,2-5H2,1H3. The molecule has 0 aliphatic carbocycles. The highest BCUT2D eigenvalue weighted by Crippen LogP contribution is 2.26. The van der Waals surface area contributed by atoms with Crippen LogP contribution in [0.5, 0.6) is 0 Å². The summed E-state index contributed by atoms with van der Waals surface area (Å²) in [7, 11) is 1.75. The number of carbonyl (C=O) groups excluding carboxylic acids is 1. The normalized spacial score (nSPS) is 17.5. The van der Waals surface area contributed by atoms with Crippen LogP contribution in [0.1, 0.15) is 23.3 Å². The zero-order chi connectivity index (χ0) is 12.5. The number of carbonyl (C=O) groups is 1. The van der Waals surface area contributed by atoms with E-state index in [2.05, 4.69) is 9.88 Å². The number of ether oxygens (including phenoxy) is 1. The lowest BCUT2D eigenvalue weighted by molar-refractivity contribution is 0.0818. The third kappa shape index (κ3) is 1.81. The molecule has 1 aliphatic heterocycles. The van der Waals surface area contributed by atoms with Crippen molar-refractivity contribution in [1.82, 2.24) is 9.38 Å².